The average Bonchev–Trinajstić information content (AvgIpc) is 2.20. The van der Waals surface area contributed by atoms with Crippen molar-refractivity contribution in [2.24, 2.45) is 0 Å². The summed E-state index contributed by atoms with van der Waals surface area (Å²) in [5.74, 6) is 0. The van der Waals surface area contributed by atoms with Crippen molar-refractivity contribution in [2.75, 3.05) is 13.1 Å². The van der Waals surface area contributed by atoms with E-state index in [1.165, 1.54) is 5.57 Å². The highest BCUT2D eigenvalue weighted by molar-refractivity contribution is 6.31. The van der Waals surface area contributed by atoms with Crippen molar-refractivity contribution in [2.45, 2.75) is 6.42 Å². The summed E-state index contributed by atoms with van der Waals surface area (Å²) in [5, 5.41) is 3.87. The first kappa shape index (κ1) is 8.73. The van der Waals surface area contributed by atoms with Crippen molar-refractivity contribution < 1.29 is 0 Å². The number of hydrogen-bond acceptors (Lipinski definition) is 2. The molecule has 0 saturated carbocycles. The molecule has 13 heavy (non-hydrogen) atoms. The molecule has 0 spiro atoms. The molecule has 3 heteroatoms. The number of pyridine rings is 1. The van der Waals surface area contributed by atoms with Crippen LogP contribution in [0.1, 0.15) is 12.0 Å². The molecular formula is C10H11ClN2. The minimum absolute atomic E-state index is 0.607. The van der Waals surface area contributed by atoms with Gasteiger partial charge in [-0.05, 0) is 24.6 Å². The second kappa shape index (κ2) is 3.90. The van der Waals surface area contributed by atoms with Gasteiger partial charge in [-0.1, -0.05) is 23.7 Å². The van der Waals surface area contributed by atoms with E-state index in [0.717, 1.165) is 25.1 Å². The van der Waals surface area contributed by atoms with Crippen LogP contribution in [0.25, 0.3) is 5.57 Å². The molecule has 1 aromatic heterocycles. The Morgan fingerprint density at radius 3 is 3.08 bits per heavy atom. The third-order valence-electron chi connectivity index (χ3n) is 2.17. The van der Waals surface area contributed by atoms with Crippen LogP contribution in [0.5, 0.6) is 0 Å². The molecular weight excluding hydrogens is 184 g/mol. The Balaban J connectivity index is 2.34. The van der Waals surface area contributed by atoms with Gasteiger partial charge in [0.05, 0.1) is 0 Å². The summed E-state index contributed by atoms with van der Waals surface area (Å²) in [7, 11) is 0. The lowest BCUT2D eigenvalue weighted by atomic mass is 10.0. The maximum Gasteiger partial charge on any atom is 0.136 e. The Morgan fingerprint density at radius 2 is 2.38 bits per heavy atom. The Bertz CT molecular complexity index is 333. The molecule has 0 amide bonds. The lowest BCUT2D eigenvalue weighted by molar-refractivity contribution is 0.738. The fourth-order valence-electron chi connectivity index (χ4n) is 1.49. The molecule has 0 atom stereocenters. The van der Waals surface area contributed by atoms with Gasteiger partial charge in [0.25, 0.3) is 0 Å². The first-order valence-corrected chi connectivity index (χ1v) is 4.76. The van der Waals surface area contributed by atoms with Gasteiger partial charge in [0.2, 0.25) is 0 Å². The van der Waals surface area contributed by atoms with Crippen molar-refractivity contribution in [3.63, 3.8) is 0 Å². The minimum Gasteiger partial charge on any atom is -0.313 e. The van der Waals surface area contributed by atoms with E-state index in [0.29, 0.717) is 5.15 Å². The van der Waals surface area contributed by atoms with Gasteiger partial charge >= 0.3 is 0 Å². The van der Waals surface area contributed by atoms with Crippen LogP contribution in [0, 0.1) is 0 Å². The quantitative estimate of drug-likeness (QED) is 0.693. The maximum atomic E-state index is 5.99. The Morgan fingerprint density at radius 1 is 1.46 bits per heavy atom. The molecule has 0 radical (unpaired) electrons. The summed E-state index contributed by atoms with van der Waals surface area (Å²) in [4.78, 5) is 4.06. The van der Waals surface area contributed by atoms with E-state index >= 15 is 0 Å². The van der Waals surface area contributed by atoms with Gasteiger partial charge in [0.15, 0.2) is 0 Å². The molecule has 68 valence electrons. The molecule has 1 aliphatic rings. The summed E-state index contributed by atoms with van der Waals surface area (Å²) >= 11 is 5.99. The largest absolute Gasteiger partial charge is 0.313 e. The first-order valence-electron chi connectivity index (χ1n) is 4.38. The van der Waals surface area contributed by atoms with Crippen LogP contribution in [0.4, 0.5) is 0 Å². The number of nitrogens with zero attached hydrogens (tertiary/aromatic N) is 1. The second-order valence-corrected chi connectivity index (χ2v) is 3.38. The van der Waals surface area contributed by atoms with E-state index in [9.17, 15) is 0 Å². The molecule has 0 aromatic carbocycles. The summed E-state index contributed by atoms with van der Waals surface area (Å²) in [6.45, 7) is 1.96. The van der Waals surface area contributed by atoms with Gasteiger partial charge < -0.3 is 5.32 Å². The minimum atomic E-state index is 0.607. The molecule has 0 fully saturated rings. The van der Waals surface area contributed by atoms with Crippen molar-refractivity contribution in [3.05, 3.63) is 35.1 Å². The monoisotopic (exact) mass is 194 g/mol. The van der Waals surface area contributed by atoms with E-state index in [2.05, 4.69) is 16.4 Å². The number of rotatable bonds is 1. The molecule has 1 aromatic rings. The zero-order chi connectivity index (χ0) is 9.10. The first-order chi connectivity index (χ1) is 6.38. The zero-order valence-electron chi connectivity index (χ0n) is 7.26. The zero-order valence-corrected chi connectivity index (χ0v) is 8.01. The fraction of sp³-hybridized carbons (Fsp3) is 0.300. The highest BCUT2D eigenvalue weighted by Crippen LogP contribution is 2.24. The second-order valence-electron chi connectivity index (χ2n) is 3.03. The number of hydrogen-bond donors (Lipinski definition) is 1. The Labute approximate surface area is 82.6 Å². The third-order valence-corrected chi connectivity index (χ3v) is 2.47. The number of nitrogens with one attached hydrogen (secondary N) is 1. The van der Waals surface area contributed by atoms with Crippen LogP contribution in [0.3, 0.4) is 0 Å². The van der Waals surface area contributed by atoms with Crippen LogP contribution in [0.15, 0.2) is 24.4 Å². The maximum absolute atomic E-state index is 5.99. The Kier molecular flexibility index (Phi) is 2.62. The SMILES string of the molecule is Clc1ncccc1C1=CCNCC1. The van der Waals surface area contributed by atoms with E-state index in [4.69, 9.17) is 11.6 Å². The highest BCUT2D eigenvalue weighted by atomic mass is 35.5. The van der Waals surface area contributed by atoms with Crippen molar-refractivity contribution in [1.82, 2.24) is 10.3 Å². The Hall–Kier alpha value is -0.860. The van der Waals surface area contributed by atoms with Crippen LogP contribution >= 0.6 is 11.6 Å². The van der Waals surface area contributed by atoms with E-state index in [1.807, 2.05) is 12.1 Å². The van der Waals surface area contributed by atoms with Crippen molar-refractivity contribution in [1.29, 1.82) is 0 Å². The summed E-state index contributed by atoms with van der Waals surface area (Å²) in [6, 6.07) is 3.94. The van der Waals surface area contributed by atoms with Gasteiger partial charge in [-0.2, -0.15) is 0 Å². The molecule has 0 aliphatic carbocycles. The summed E-state index contributed by atoms with van der Waals surface area (Å²) < 4.78 is 0. The predicted octanol–water partition coefficient (Wildman–Crippen LogP) is 2.11. The van der Waals surface area contributed by atoms with Crippen molar-refractivity contribution >= 4 is 17.2 Å². The smallest absolute Gasteiger partial charge is 0.136 e. The molecule has 2 rings (SSSR count). The molecule has 2 nitrogen and oxygen atoms in total. The number of halogens is 1. The lowest BCUT2D eigenvalue weighted by Crippen LogP contribution is -2.20. The molecule has 2 heterocycles. The van der Waals surface area contributed by atoms with Gasteiger partial charge in [0.1, 0.15) is 5.15 Å². The van der Waals surface area contributed by atoms with Crippen molar-refractivity contribution in [3.8, 4) is 0 Å². The highest BCUT2D eigenvalue weighted by Gasteiger charge is 2.08. The van der Waals surface area contributed by atoms with Gasteiger partial charge in [-0.3, -0.25) is 0 Å². The van der Waals surface area contributed by atoms with Gasteiger partial charge in [0, 0.05) is 18.3 Å². The summed E-state index contributed by atoms with van der Waals surface area (Å²) in [6.07, 6.45) is 4.92. The van der Waals surface area contributed by atoms with Crippen LogP contribution in [-0.2, 0) is 0 Å². The molecule has 1 N–H and O–H groups in total. The fourth-order valence-corrected chi connectivity index (χ4v) is 1.73. The molecule has 0 bridgehead atoms. The van der Waals surface area contributed by atoms with E-state index < -0.39 is 0 Å². The molecule has 1 aliphatic heterocycles. The van der Waals surface area contributed by atoms with E-state index in [1.54, 1.807) is 6.20 Å². The lowest BCUT2D eigenvalue weighted by Gasteiger charge is -2.14. The van der Waals surface area contributed by atoms with Crippen LogP contribution in [0.2, 0.25) is 5.15 Å². The standard InChI is InChI=1S/C10H11ClN2/c11-10-9(2-1-5-13-10)8-3-6-12-7-4-8/h1-3,5,12H,4,6-7H2. The van der Waals surface area contributed by atoms with Gasteiger partial charge in [-0.15, -0.1) is 0 Å². The predicted molar refractivity (Wildman–Crippen MR) is 54.7 cm³/mol. The van der Waals surface area contributed by atoms with Gasteiger partial charge in [-0.25, -0.2) is 4.98 Å². The normalized spacial score (nSPS) is 16.8. The topological polar surface area (TPSA) is 24.9 Å². The molecule has 0 saturated heterocycles. The van der Waals surface area contributed by atoms with E-state index in [-0.39, 0.29) is 0 Å². The third kappa shape index (κ3) is 1.90. The van der Waals surface area contributed by atoms with Crippen LogP contribution < -0.4 is 5.32 Å². The number of aromatic nitrogens is 1. The molecule has 0 unspecified atom stereocenters. The average molecular weight is 195 g/mol. The summed E-state index contributed by atoms with van der Waals surface area (Å²) in [5.41, 5.74) is 2.38. The van der Waals surface area contributed by atoms with Crippen LogP contribution in [-0.4, -0.2) is 18.1 Å².